The second kappa shape index (κ2) is 6.87. The third kappa shape index (κ3) is 3.51. The van der Waals surface area contributed by atoms with E-state index in [-0.39, 0.29) is 0 Å². The molecule has 3 fully saturated rings. The number of nitrogens with zero attached hydrogens (tertiary/aromatic N) is 2. The summed E-state index contributed by atoms with van der Waals surface area (Å²) >= 11 is 1.77. The molecule has 0 bridgehead atoms. The first-order chi connectivity index (χ1) is 11.7. The van der Waals surface area contributed by atoms with Crippen molar-refractivity contribution in [2.75, 3.05) is 19.6 Å². The van der Waals surface area contributed by atoms with Gasteiger partial charge in [-0.3, -0.25) is 9.59 Å². The fourth-order valence-corrected chi connectivity index (χ4v) is 4.95. The number of rotatable bonds is 5. The summed E-state index contributed by atoms with van der Waals surface area (Å²) in [6.45, 7) is 2.52. The Kier molecular flexibility index (Phi) is 4.61. The Labute approximate surface area is 147 Å². The Morgan fingerprint density at radius 2 is 2.12 bits per heavy atom. The lowest BCUT2D eigenvalue weighted by atomic mass is 9.83. The number of hydrogen-bond acceptors (Lipinski definition) is 3. The molecular formula is C19H26N2O2S. The second-order valence-electron chi connectivity index (χ2n) is 7.56. The van der Waals surface area contributed by atoms with Crippen LogP contribution in [0.2, 0.25) is 0 Å². The minimum Gasteiger partial charge on any atom is -0.342 e. The molecule has 1 aliphatic carbocycles. The zero-order valence-electron chi connectivity index (χ0n) is 14.2. The number of piperidine rings is 2. The highest BCUT2D eigenvalue weighted by Crippen LogP contribution is 2.35. The lowest BCUT2D eigenvalue weighted by Gasteiger charge is -2.47. The number of carbonyl (C=O) groups is 2. The third-order valence-electron chi connectivity index (χ3n) is 5.84. The van der Waals surface area contributed by atoms with Crippen molar-refractivity contribution in [2.24, 2.45) is 11.8 Å². The van der Waals surface area contributed by atoms with Gasteiger partial charge in [-0.25, -0.2) is 0 Å². The standard InChI is InChI=1S/C19H26N2O2S/c22-18-6-5-15-13-20(19(23)12-14-3-4-14)9-8-17(15)21(18)10-7-16-2-1-11-24-16/h1-2,11,14-15,17H,3-10,12-13H2/t15-,17+/m1/s1. The Bertz CT molecular complexity index is 597. The molecule has 24 heavy (non-hydrogen) atoms. The van der Waals surface area contributed by atoms with E-state index in [2.05, 4.69) is 27.3 Å². The monoisotopic (exact) mass is 346 g/mol. The third-order valence-corrected chi connectivity index (χ3v) is 6.77. The van der Waals surface area contributed by atoms with Crippen molar-refractivity contribution in [3.05, 3.63) is 22.4 Å². The molecule has 3 aliphatic rings. The summed E-state index contributed by atoms with van der Waals surface area (Å²) in [6, 6.07) is 4.57. The number of likely N-dealkylation sites (tertiary alicyclic amines) is 2. The molecule has 1 aromatic heterocycles. The molecule has 0 spiro atoms. The van der Waals surface area contributed by atoms with Gasteiger partial charge in [0, 0.05) is 43.4 Å². The molecule has 0 radical (unpaired) electrons. The number of amides is 2. The average Bonchev–Trinajstić information content (AvgIpc) is 3.25. The minimum atomic E-state index is 0.311. The van der Waals surface area contributed by atoms with Gasteiger partial charge in [0.05, 0.1) is 0 Å². The van der Waals surface area contributed by atoms with Crippen molar-refractivity contribution >= 4 is 23.2 Å². The molecule has 1 saturated carbocycles. The summed E-state index contributed by atoms with van der Waals surface area (Å²) in [7, 11) is 0. The fourth-order valence-electron chi connectivity index (χ4n) is 4.25. The van der Waals surface area contributed by atoms with Gasteiger partial charge in [-0.2, -0.15) is 0 Å². The van der Waals surface area contributed by atoms with Crippen LogP contribution in [-0.2, 0) is 16.0 Å². The molecular weight excluding hydrogens is 320 g/mol. The number of carbonyl (C=O) groups excluding carboxylic acids is 2. The van der Waals surface area contributed by atoms with Gasteiger partial charge in [-0.15, -0.1) is 11.3 Å². The van der Waals surface area contributed by atoms with E-state index in [1.54, 1.807) is 11.3 Å². The van der Waals surface area contributed by atoms with Gasteiger partial charge in [-0.1, -0.05) is 6.07 Å². The summed E-state index contributed by atoms with van der Waals surface area (Å²) in [6.07, 6.45) is 6.72. The zero-order valence-corrected chi connectivity index (χ0v) is 15.0. The average molecular weight is 346 g/mol. The predicted molar refractivity (Wildman–Crippen MR) is 94.8 cm³/mol. The largest absolute Gasteiger partial charge is 0.342 e. The van der Waals surface area contributed by atoms with Gasteiger partial charge in [0.15, 0.2) is 0 Å². The number of fused-ring (bicyclic) bond motifs is 1. The molecule has 2 amide bonds. The molecule has 2 atom stereocenters. The number of hydrogen-bond donors (Lipinski definition) is 0. The maximum Gasteiger partial charge on any atom is 0.222 e. The van der Waals surface area contributed by atoms with Gasteiger partial charge in [0.25, 0.3) is 0 Å². The molecule has 2 saturated heterocycles. The van der Waals surface area contributed by atoms with E-state index < -0.39 is 0 Å². The number of thiophene rings is 1. The van der Waals surface area contributed by atoms with Gasteiger partial charge in [0.2, 0.25) is 11.8 Å². The van der Waals surface area contributed by atoms with Crippen LogP contribution < -0.4 is 0 Å². The Morgan fingerprint density at radius 1 is 1.25 bits per heavy atom. The molecule has 2 aliphatic heterocycles. The quantitative estimate of drug-likeness (QED) is 0.822. The first kappa shape index (κ1) is 16.1. The van der Waals surface area contributed by atoms with Crippen LogP contribution in [0.1, 0.15) is 43.4 Å². The van der Waals surface area contributed by atoms with Gasteiger partial charge in [-0.05, 0) is 55.4 Å². The molecule has 4 nitrogen and oxygen atoms in total. The minimum absolute atomic E-state index is 0.311. The molecule has 130 valence electrons. The molecule has 5 heteroatoms. The Morgan fingerprint density at radius 3 is 2.88 bits per heavy atom. The molecule has 0 aromatic carbocycles. The van der Waals surface area contributed by atoms with E-state index in [1.165, 1.54) is 17.7 Å². The summed E-state index contributed by atoms with van der Waals surface area (Å²) in [4.78, 5) is 30.4. The first-order valence-electron chi connectivity index (χ1n) is 9.30. The second-order valence-corrected chi connectivity index (χ2v) is 8.59. The van der Waals surface area contributed by atoms with E-state index in [9.17, 15) is 9.59 Å². The fraction of sp³-hybridized carbons (Fsp3) is 0.684. The summed E-state index contributed by atoms with van der Waals surface area (Å²) in [5.74, 6) is 1.79. The first-order valence-corrected chi connectivity index (χ1v) is 10.2. The van der Waals surface area contributed by atoms with Crippen molar-refractivity contribution < 1.29 is 9.59 Å². The molecule has 0 unspecified atom stereocenters. The predicted octanol–water partition coefficient (Wildman–Crippen LogP) is 2.93. The topological polar surface area (TPSA) is 40.6 Å². The zero-order chi connectivity index (χ0) is 16.5. The van der Waals surface area contributed by atoms with Crippen LogP contribution in [0.5, 0.6) is 0 Å². The van der Waals surface area contributed by atoms with Gasteiger partial charge >= 0.3 is 0 Å². The van der Waals surface area contributed by atoms with Crippen LogP contribution in [0, 0.1) is 11.8 Å². The van der Waals surface area contributed by atoms with E-state index in [0.717, 1.165) is 45.3 Å². The van der Waals surface area contributed by atoms with Crippen molar-refractivity contribution in [1.82, 2.24) is 9.80 Å². The smallest absolute Gasteiger partial charge is 0.222 e. The van der Waals surface area contributed by atoms with E-state index in [1.807, 2.05) is 0 Å². The highest BCUT2D eigenvalue weighted by molar-refractivity contribution is 7.09. The van der Waals surface area contributed by atoms with E-state index in [4.69, 9.17) is 0 Å². The lowest BCUT2D eigenvalue weighted by molar-refractivity contribution is -0.144. The maximum absolute atomic E-state index is 12.4. The van der Waals surface area contributed by atoms with Crippen molar-refractivity contribution in [2.45, 2.75) is 51.0 Å². The van der Waals surface area contributed by atoms with Crippen molar-refractivity contribution in [3.8, 4) is 0 Å². The van der Waals surface area contributed by atoms with Crippen LogP contribution >= 0.6 is 11.3 Å². The normalized spacial score (nSPS) is 27.2. The lowest BCUT2D eigenvalue weighted by Crippen LogP contribution is -2.57. The van der Waals surface area contributed by atoms with Crippen LogP contribution in [-0.4, -0.2) is 47.3 Å². The Balaban J connectivity index is 1.36. The van der Waals surface area contributed by atoms with Crippen molar-refractivity contribution in [3.63, 3.8) is 0 Å². The SMILES string of the molecule is O=C(CC1CC1)N1CC[C@H]2[C@H](CCC(=O)N2CCc2cccs2)C1. The van der Waals surface area contributed by atoms with Crippen LogP contribution in [0.15, 0.2) is 17.5 Å². The van der Waals surface area contributed by atoms with E-state index >= 15 is 0 Å². The molecule has 4 rings (SSSR count). The van der Waals surface area contributed by atoms with Gasteiger partial charge in [0.1, 0.15) is 0 Å². The highest BCUT2D eigenvalue weighted by Gasteiger charge is 2.40. The maximum atomic E-state index is 12.4. The van der Waals surface area contributed by atoms with Crippen LogP contribution in [0.3, 0.4) is 0 Å². The van der Waals surface area contributed by atoms with Gasteiger partial charge < -0.3 is 9.80 Å². The van der Waals surface area contributed by atoms with Crippen molar-refractivity contribution in [1.29, 1.82) is 0 Å². The van der Waals surface area contributed by atoms with Crippen LogP contribution in [0.4, 0.5) is 0 Å². The highest BCUT2D eigenvalue weighted by atomic mass is 32.1. The summed E-state index contributed by atoms with van der Waals surface area (Å²) < 4.78 is 0. The molecule has 3 heterocycles. The Hall–Kier alpha value is -1.36. The van der Waals surface area contributed by atoms with E-state index in [0.29, 0.717) is 36.1 Å². The molecule has 0 N–H and O–H groups in total. The summed E-state index contributed by atoms with van der Waals surface area (Å²) in [5, 5.41) is 2.10. The van der Waals surface area contributed by atoms with Crippen LogP contribution in [0.25, 0.3) is 0 Å². The molecule has 1 aromatic rings. The summed E-state index contributed by atoms with van der Waals surface area (Å²) in [5.41, 5.74) is 0.